The average molecular weight is 515 g/mol. The van der Waals surface area contributed by atoms with Gasteiger partial charge in [0.05, 0.1) is 6.42 Å². The number of aryl methyl sites for hydroxylation is 1. The molecule has 2 fully saturated rings. The number of carboxylic acids is 1. The van der Waals surface area contributed by atoms with E-state index in [0.29, 0.717) is 11.5 Å². The van der Waals surface area contributed by atoms with Crippen molar-refractivity contribution < 1.29 is 19.0 Å². The molecule has 5 rings (SSSR count). The lowest BCUT2D eigenvalue weighted by atomic mass is 9.75. The second-order valence-electron chi connectivity index (χ2n) is 11.9. The summed E-state index contributed by atoms with van der Waals surface area (Å²) in [6.07, 6.45) is 6.47. The zero-order valence-corrected chi connectivity index (χ0v) is 22.8. The maximum atomic E-state index is 15.5. The topological polar surface area (TPSA) is 46.5 Å². The Labute approximate surface area is 226 Å². The zero-order valence-electron chi connectivity index (χ0n) is 22.8. The summed E-state index contributed by atoms with van der Waals surface area (Å²) in [6.45, 7) is 7.19. The lowest BCUT2D eigenvalue weighted by Gasteiger charge is -2.30. The smallest absolute Gasteiger partial charge is 0.303 e. The molecule has 2 aliphatic carbocycles. The number of carbonyl (C=O) groups is 1. The van der Waals surface area contributed by atoms with Crippen molar-refractivity contribution >= 4 is 5.97 Å². The number of aliphatic carboxylic acids is 1. The third-order valence-electron chi connectivity index (χ3n) is 8.77. The molecule has 3 aromatic carbocycles. The lowest BCUT2D eigenvalue weighted by molar-refractivity contribution is -0.137. The Morgan fingerprint density at radius 2 is 1.84 bits per heavy atom. The molecule has 38 heavy (non-hydrogen) atoms. The van der Waals surface area contributed by atoms with E-state index in [4.69, 9.17) is 4.74 Å². The van der Waals surface area contributed by atoms with Crippen LogP contribution in [-0.4, -0.2) is 11.1 Å². The Bertz CT molecular complexity index is 1310. The van der Waals surface area contributed by atoms with Gasteiger partial charge in [-0.05, 0) is 88.8 Å². The van der Waals surface area contributed by atoms with E-state index in [9.17, 15) is 9.90 Å². The van der Waals surface area contributed by atoms with Crippen LogP contribution in [0.15, 0.2) is 60.7 Å². The second-order valence-corrected chi connectivity index (χ2v) is 11.9. The standard InChI is InChI=1S/C34H39FO3/c1-4-22-8-5-9-25(18-22)26-16-13-23(19-29(26)30-11-7-17-34(30,2)3)21-38-31-12-6-10-27(33(31)35)28(20-32(36)37)24-14-15-24/h5-6,8-10,12-13,16,18-19,24,28,30H,4,7,11,14-15,17,20-21H2,1-3H3,(H,36,37)/t28-,30-/m1/s1. The Morgan fingerprint density at radius 1 is 1.05 bits per heavy atom. The molecule has 4 heteroatoms. The third-order valence-corrected chi connectivity index (χ3v) is 8.77. The predicted octanol–water partition coefficient (Wildman–Crippen LogP) is 8.90. The average Bonchev–Trinajstić information content (AvgIpc) is 3.68. The fourth-order valence-corrected chi connectivity index (χ4v) is 6.42. The van der Waals surface area contributed by atoms with Crippen molar-refractivity contribution in [2.75, 3.05) is 0 Å². The van der Waals surface area contributed by atoms with Crippen molar-refractivity contribution in [1.82, 2.24) is 0 Å². The van der Waals surface area contributed by atoms with Gasteiger partial charge >= 0.3 is 5.97 Å². The lowest BCUT2D eigenvalue weighted by Crippen LogP contribution is -2.16. The molecule has 200 valence electrons. The van der Waals surface area contributed by atoms with Crippen LogP contribution < -0.4 is 4.74 Å². The van der Waals surface area contributed by atoms with Crippen molar-refractivity contribution in [3.63, 3.8) is 0 Å². The number of rotatable bonds is 10. The van der Waals surface area contributed by atoms with Crippen molar-refractivity contribution in [2.24, 2.45) is 11.3 Å². The fraction of sp³-hybridized carbons (Fsp3) is 0.441. The Kier molecular flexibility index (Phi) is 7.61. The number of halogens is 1. The largest absolute Gasteiger partial charge is 0.486 e. The minimum Gasteiger partial charge on any atom is -0.486 e. The summed E-state index contributed by atoms with van der Waals surface area (Å²) >= 11 is 0. The molecule has 0 saturated heterocycles. The van der Waals surface area contributed by atoms with Crippen molar-refractivity contribution in [3.05, 3.63) is 88.7 Å². The first-order valence-corrected chi connectivity index (χ1v) is 14.1. The zero-order chi connectivity index (χ0) is 26.9. The molecule has 0 radical (unpaired) electrons. The first kappa shape index (κ1) is 26.5. The second kappa shape index (κ2) is 10.9. The minimum atomic E-state index is -0.889. The highest BCUT2D eigenvalue weighted by Crippen LogP contribution is 2.51. The van der Waals surface area contributed by atoms with Gasteiger partial charge in [-0.25, -0.2) is 4.39 Å². The molecule has 0 aromatic heterocycles. The molecule has 3 nitrogen and oxygen atoms in total. The summed E-state index contributed by atoms with van der Waals surface area (Å²) in [5, 5.41) is 9.37. The Hall–Kier alpha value is -3.14. The van der Waals surface area contributed by atoms with Crippen LogP contribution in [0.5, 0.6) is 5.75 Å². The molecule has 2 saturated carbocycles. The van der Waals surface area contributed by atoms with Crippen LogP contribution in [0, 0.1) is 17.2 Å². The van der Waals surface area contributed by atoms with Gasteiger partial charge in [0.25, 0.3) is 0 Å². The van der Waals surface area contributed by atoms with Crippen LogP contribution in [-0.2, 0) is 17.8 Å². The van der Waals surface area contributed by atoms with Crippen molar-refractivity contribution in [3.8, 4) is 16.9 Å². The molecule has 0 aliphatic heterocycles. The SMILES string of the molecule is CCc1cccc(-c2ccc(COc3cccc([C@H](CC(=O)O)C4CC4)c3F)cc2[C@H]2CCCC2(C)C)c1. The summed E-state index contributed by atoms with van der Waals surface area (Å²) in [5.74, 6) is -0.716. The summed E-state index contributed by atoms with van der Waals surface area (Å²) in [7, 11) is 0. The highest BCUT2D eigenvalue weighted by molar-refractivity contribution is 5.70. The van der Waals surface area contributed by atoms with Gasteiger partial charge in [-0.1, -0.05) is 81.8 Å². The Balaban J connectivity index is 1.43. The molecule has 3 aromatic rings. The van der Waals surface area contributed by atoms with Gasteiger partial charge < -0.3 is 9.84 Å². The van der Waals surface area contributed by atoms with Gasteiger partial charge in [-0.2, -0.15) is 0 Å². The van der Waals surface area contributed by atoms with Gasteiger partial charge in [-0.3, -0.25) is 4.79 Å². The molecule has 0 bridgehead atoms. The molecule has 0 heterocycles. The van der Waals surface area contributed by atoms with Crippen molar-refractivity contribution in [1.29, 1.82) is 0 Å². The van der Waals surface area contributed by atoms with Gasteiger partial charge in [0.1, 0.15) is 6.61 Å². The van der Waals surface area contributed by atoms with Crippen molar-refractivity contribution in [2.45, 2.75) is 84.2 Å². The molecule has 2 aliphatic rings. The van der Waals surface area contributed by atoms with E-state index in [2.05, 4.69) is 63.2 Å². The first-order valence-electron chi connectivity index (χ1n) is 14.1. The molecular formula is C34H39FO3. The summed E-state index contributed by atoms with van der Waals surface area (Å²) in [4.78, 5) is 11.4. The monoisotopic (exact) mass is 514 g/mol. The molecular weight excluding hydrogens is 475 g/mol. The first-order chi connectivity index (χ1) is 18.3. The van der Waals surface area contributed by atoms with E-state index in [1.807, 2.05) is 0 Å². The molecule has 0 unspecified atom stereocenters. The number of benzene rings is 3. The van der Waals surface area contributed by atoms with E-state index < -0.39 is 11.8 Å². The van der Waals surface area contributed by atoms with Crippen LogP contribution >= 0.6 is 0 Å². The number of ether oxygens (including phenoxy) is 1. The quantitative estimate of drug-likeness (QED) is 0.294. The highest BCUT2D eigenvalue weighted by atomic mass is 19.1. The number of carboxylic acid groups (broad SMARTS) is 1. The van der Waals surface area contributed by atoms with Crippen LogP contribution in [0.2, 0.25) is 0 Å². The van der Waals surface area contributed by atoms with Crippen LogP contribution in [0.4, 0.5) is 4.39 Å². The van der Waals surface area contributed by atoms with Crippen LogP contribution in [0.1, 0.15) is 93.4 Å². The highest BCUT2D eigenvalue weighted by Gasteiger charge is 2.37. The molecule has 2 atom stereocenters. The third kappa shape index (κ3) is 5.65. The van der Waals surface area contributed by atoms with Gasteiger partial charge in [0, 0.05) is 5.92 Å². The van der Waals surface area contributed by atoms with E-state index in [-0.39, 0.29) is 36.0 Å². The van der Waals surface area contributed by atoms with E-state index in [1.54, 1.807) is 18.2 Å². The molecule has 1 N–H and O–H groups in total. The van der Waals surface area contributed by atoms with Crippen LogP contribution in [0.3, 0.4) is 0 Å². The van der Waals surface area contributed by atoms with Gasteiger partial charge in [0.2, 0.25) is 0 Å². The van der Waals surface area contributed by atoms with Crippen LogP contribution in [0.25, 0.3) is 11.1 Å². The minimum absolute atomic E-state index is 0.0493. The van der Waals surface area contributed by atoms with Gasteiger partial charge in [-0.15, -0.1) is 0 Å². The summed E-state index contributed by atoms with van der Waals surface area (Å²) in [6, 6.07) is 20.5. The summed E-state index contributed by atoms with van der Waals surface area (Å²) < 4.78 is 21.6. The van der Waals surface area contributed by atoms with E-state index in [1.165, 1.54) is 41.5 Å². The summed E-state index contributed by atoms with van der Waals surface area (Å²) in [5.41, 5.74) is 6.91. The fourth-order valence-electron chi connectivity index (χ4n) is 6.42. The predicted molar refractivity (Wildman–Crippen MR) is 150 cm³/mol. The van der Waals surface area contributed by atoms with E-state index in [0.717, 1.165) is 24.8 Å². The number of hydrogen-bond acceptors (Lipinski definition) is 2. The molecule has 0 spiro atoms. The van der Waals surface area contributed by atoms with Gasteiger partial charge in [0.15, 0.2) is 11.6 Å². The molecule has 0 amide bonds. The maximum Gasteiger partial charge on any atom is 0.303 e. The maximum absolute atomic E-state index is 15.5. The Morgan fingerprint density at radius 3 is 2.53 bits per heavy atom. The number of hydrogen-bond donors (Lipinski definition) is 1. The normalized spacial score (nSPS) is 19.3. The van der Waals surface area contributed by atoms with E-state index >= 15 is 4.39 Å².